The lowest BCUT2D eigenvalue weighted by Crippen LogP contribution is -2.38. The minimum atomic E-state index is 0.177. The van der Waals surface area contributed by atoms with Crippen LogP contribution in [-0.2, 0) is 13.1 Å². The molecule has 0 aromatic carbocycles. The molecule has 2 N–H and O–H groups in total. The third kappa shape index (κ3) is 4.78. The molecule has 1 heterocycles. The van der Waals surface area contributed by atoms with Crippen LogP contribution < -0.4 is 5.73 Å². The molecule has 1 rings (SSSR count). The van der Waals surface area contributed by atoms with E-state index in [1.165, 1.54) is 12.0 Å². The average Bonchev–Trinajstić information content (AvgIpc) is 2.76. The second kappa shape index (κ2) is 6.90. The highest BCUT2D eigenvalue weighted by molar-refractivity contribution is 5.03. The second-order valence-corrected chi connectivity index (χ2v) is 5.78. The van der Waals surface area contributed by atoms with Gasteiger partial charge in [-0.3, -0.25) is 9.58 Å². The largest absolute Gasteiger partial charge is 0.330 e. The van der Waals surface area contributed by atoms with E-state index in [-0.39, 0.29) is 5.41 Å². The van der Waals surface area contributed by atoms with Gasteiger partial charge in [0.25, 0.3) is 0 Å². The Morgan fingerprint density at radius 3 is 2.61 bits per heavy atom. The van der Waals surface area contributed by atoms with Gasteiger partial charge in [0.15, 0.2) is 0 Å². The number of nitrogens with zero attached hydrogens (tertiary/aromatic N) is 3. The topological polar surface area (TPSA) is 47.1 Å². The molecule has 0 aliphatic rings. The molecule has 0 spiro atoms. The normalized spacial score (nSPS) is 12.3. The van der Waals surface area contributed by atoms with Gasteiger partial charge in [0.05, 0.1) is 6.20 Å². The summed E-state index contributed by atoms with van der Waals surface area (Å²) in [5.41, 5.74) is 7.29. The summed E-state index contributed by atoms with van der Waals surface area (Å²) < 4.78 is 1.98. The number of rotatable bonds is 8. The first-order chi connectivity index (χ1) is 8.50. The van der Waals surface area contributed by atoms with Crippen molar-refractivity contribution >= 4 is 0 Å². The standard InChI is InChI=1S/C14H28N4/c1-5-7-17(12-14(3,4)11-15)9-13-8-16-18(6-2)10-13/h8,10H,5-7,9,11-12,15H2,1-4H3. The molecule has 1 aromatic heterocycles. The molecule has 0 saturated heterocycles. The van der Waals surface area contributed by atoms with Crippen LogP contribution in [0.1, 0.15) is 39.7 Å². The number of aryl methyl sites for hydroxylation is 1. The van der Waals surface area contributed by atoms with Crippen LogP contribution in [0.2, 0.25) is 0 Å². The lowest BCUT2D eigenvalue weighted by molar-refractivity contribution is 0.176. The summed E-state index contributed by atoms with van der Waals surface area (Å²) in [6.45, 7) is 13.6. The zero-order valence-corrected chi connectivity index (χ0v) is 12.3. The predicted molar refractivity (Wildman–Crippen MR) is 76.3 cm³/mol. The Hall–Kier alpha value is -0.870. The van der Waals surface area contributed by atoms with Crippen molar-refractivity contribution < 1.29 is 0 Å². The molecule has 4 heteroatoms. The number of hydrogen-bond acceptors (Lipinski definition) is 3. The molecule has 18 heavy (non-hydrogen) atoms. The summed E-state index contributed by atoms with van der Waals surface area (Å²) in [5, 5.41) is 4.33. The van der Waals surface area contributed by atoms with E-state index in [1.807, 2.05) is 10.9 Å². The first-order valence-corrected chi connectivity index (χ1v) is 6.94. The Balaban J connectivity index is 2.62. The van der Waals surface area contributed by atoms with Gasteiger partial charge in [-0.2, -0.15) is 5.10 Å². The maximum atomic E-state index is 5.83. The molecule has 1 aromatic rings. The Labute approximate surface area is 111 Å². The van der Waals surface area contributed by atoms with E-state index in [0.29, 0.717) is 0 Å². The third-order valence-corrected chi connectivity index (χ3v) is 3.16. The van der Waals surface area contributed by atoms with E-state index in [2.05, 4.69) is 43.9 Å². The molecule has 0 aliphatic heterocycles. The van der Waals surface area contributed by atoms with Gasteiger partial charge in [0, 0.05) is 31.4 Å². The van der Waals surface area contributed by atoms with E-state index in [0.717, 1.165) is 32.7 Å². The number of nitrogens with two attached hydrogens (primary N) is 1. The molecule has 4 nitrogen and oxygen atoms in total. The van der Waals surface area contributed by atoms with Gasteiger partial charge in [-0.1, -0.05) is 20.8 Å². The van der Waals surface area contributed by atoms with Crippen molar-refractivity contribution in [3.63, 3.8) is 0 Å². The van der Waals surface area contributed by atoms with E-state index < -0.39 is 0 Å². The van der Waals surface area contributed by atoms with Gasteiger partial charge in [0.1, 0.15) is 0 Å². The van der Waals surface area contributed by atoms with Crippen molar-refractivity contribution in [3.05, 3.63) is 18.0 Å². The van der Waals surface area contributed by atoms with Gasteiger partial charge in [-0.05, 0) is 31.8 Å². The van der Waals surface area contributed by atoms with Crippen LogP contribution >= 0.6 is 0 Å². The minimum Gasteiger partial charge on any atom is -0.330 e. The highest BCUT2D eigenvalue weighted by Crippen LogP contribution is 2.17. The maximum Gasteiger partial charge on any atom is 0.0534 e. The van der Waals surface area contributed by atoms with Crippen LogP contribution in [0.4, 0.5) is 0 Å². The van der Waals surface area contributed by atoms with Gasteiger partial charge < -0.3 is 5.73 Å². The van der Waals surface area contributed by atoms with Crippen LogP contribution in [0, 0.1) is 5.41 Å². The highest BCUT2D eigenvalue weighted by Gasteiger charge is 2.20. The summed E-state index contributed by atoms with van der Waals surface area (Å²) in [7, 11) is 0. The quantitative estimate of drug-likeness (QED) is 0.771. The average molecular weight is 252 g/mol. The minimum absolute atomic E-state index is 0.177. The zero-order valence-electron chi connectivity index (χ0n) is 12.3. The van der Waals surface area contributed by atoms with Crippen molar-refractivity contribution in [2.24, 2.45) is 11.1 Å². The maximum absolute atomic E-state index is 5.83. The summed E-state index contributed by atoms with van der Waals surface area (Å²) in [6, 6.07) is 0. The van der Waals surface area contributed by atoms with E-state index in [4.69, 9.17) is 5.73 Å². The zero-order chi connectivity index (χ0) is 13.6. The summed E-state index contributed by atoms with van der Waals surface area (Å²) >= 11 is 0. The fourth-order valence-electron chi connectivity index (χ4n) is 2.12. The lowest BCUT2D eigenvalue weighted by atomic mass is 9.93. The van der Waals surface area contributed by atoms with Gasteiger partial charge in [-0.25, -0.2) is 0 Å². The van der Waals surface area contributed by atoms with Crippen molar-refractivity contribution in [1.82, 2.24) is 14.7 Å². The Morgan fingerprint density at radius 2 is 2.11 bits per heavy atom. The van der Waals surface area contributed by atoms with E-state index in [1.54, 1.807) is 0 Å². The van der Waals surface area contributed by atoms with Gasteiger partial charge >= 0.3 is 0 Å². The summed E-state index contributed by atoms with van der Waals surface area (Å²) in [4.78, 5) is 2.48. The van der Waals surface area contributed by atoms with E-state index in [9.17, 15) is 0 Å². The van der Waals surface area contributed by atoms with Crippen LogP contribution in [0.25, 0.3) is 0 Å². The molecule has 0 radical (unpaired) electrons. The molecular weight excluding hydrogens is 224 g/mol. The Bertz CT molecular complexity index is 343. The molecule has 0 unspecified atom stereocenters. The van der Waals surface area contributed by atoms with Crippen LogP contribution in [0.5, 0.6) is 0 Å². The van der Waals surface area contributed by atoms with Gasteiger partial charge in [-0.15, -0.1) is 0 Å². The molecular formula is C14H28N4. The van der Waals surface area contributed by atoms with Crippen molar-refractivity contribution in [2.45, 2.75) is 47.2 Å². The fourth-order valence-corrected chi connectivity index (χ4v) is 2.12. The van der Waals surface area contributed by atoms with Crippen LogP contribution in [0.3, 0.4) is 0 Å². The SMILES string of the molecule is CCCN(Cc1cnn(CC)c1)CC(C)(C)CN. The lowest BCUT2D eigenvalue weighted by Gasteiger charge is -2.31. The fraction of sp³-hybridized carbons (Fsp3) is 0.786. The molecule has 0 amide bonds. The first kappa shape index (κ1) is 15.2. The molecule has 0 aliphatic carbocycles. The van der Waals surface area contributed by atoms with Gasteiger partial charge in [0.2, 0.25) is 0 Å². The smallest absolute Gasteiger partial charge is 0.0534 e. The number of aromatic nitrogens is 2. The molecule has 0 bridgehead atoms. The summed E-state index contributed by atoms with van der Waals surface area (Å²) in [5.74, 6) is 0. The van der Waals surface area contributed by atoms with E-state index >= 15 is 0 Å². The monoisotopic (exact) mass is 252 g/mol. The highest BCUT2D eigenvalue weighted by atomic mass is 15.3. The Kier molecular flexibility index (Phi) is 5.82. The molecule has 104 valence electrons. The van der Waals surface area contributed by atoms with Crippen molar-refractivity contribution in [3.8, 4) is 0 Å². The molecule has 0 saturated carbocycles. The first-order valence-electron chi connectivity index (χ1n) is 6.94. The van der Waals surface area contributed by atoms with Crippen LogP contribution in [0.15, 0.2) is 12.4 Å². The van der Waals surface area contributed by atoms with Crippen molar-refractivity contribution in [2.75, 3.05) is 19.6 Å². The van der Waals surface area contributed by atoms with Crippen molar-refractivity contribution in [1.29, 1.82) is 0 Å². The van der Waals surface area contributed by atoms with Crippen LogP contribution in [-0.4, -0.2) is 34.3 Å². The summed E-state index contributed by atoms with van der Waals surface area (Å²) in [6.07, 6.45) is 5.28. The second-order valence-electron chi connectivity index (χ2n) is 5.78. The molecule has 0 fully saturated rings. The predicted octanol–water partition coefficient (Wildman–Crippen LogP) is 2.10. The third-order valence-electron chi connectivity index (χ3n) is 3.16. The Morgan fingerprint density at radius 1 is 1.39 bits per heavy atom. The molecule has 0 atom stereocenters. The number of hydrogen-bond donors (Lipinski definition) is 1.